The zero-order valence-electron chi connectivity index (χ0n) is 12.9. The molecule has 2 aromatic rings. The van der Waals surface area contributed by atoms with Crippen LogP contribution in [-0.4, -0.2) is 34.6 Å². The van der Waals surface area contributed by atoms with Crippen molar-refractivity contribution in [1.29, 1.82) is 0 Å². The molecule has 1 N–H and O–H groups in total. The summed E-state index contributed by atoms with van der Waals surface area (Å²) in [5, 5.41) is 7.98. The molecule has 0 saturated heterocycles. The molecule has 2 amide bonds. The molecule has 7 nitrogen and oxygen atoms in total. The average molecular weight is 312 g/mol. The molecular formula is C16H16N4O3. The summed E-state index contributed by atoms with van der Waals surface area (Å²) in [6, 6.07) is 7.28. The van der Waals surface area contributed by atoms with Crippen molar-refractivity contribution in [2.24, 2.45) is 5.10 Å². The van der Waals surface area contributed by atoms with Crippen molar-refractivity contribution in [2.45, 2.75) is 19.8 Å². The van der Waals surface area contributed by atoms with Gasteiger partial charge in [-0.05, 0) is 12.1 Å². The molecule has 1 aliphatic heterocycles. The SMILES string of the molecule is Cc1nc(-c2ccc(NC(=O)C3=NN(C)C(=O)CC3)cc2)co1. The molecule has 7 heteroatoms. The third kappa shape index (κ3) is 3.28. The quantitative estimate of drug-likeness (QED) is 0.941. The number of anilines is 1. The number of aromatic nitrogens is 1. The van der Waals surface area contributed by atoms with Crippen LogP contribution in [0.4, 0.5) is 5.69 Å². The Hall–Kier alpha value is -2.96. The lowest BCUT2D eigenvalue weighted by Crippen LogP contribution is -2.34. The molecule has 1 aromatic heterocycles. The number of carbonyl (C=O) groups is 2. The van der Waals surface area contributed by atoms with Crippen LogP contribution in [0.15, 0.2) is 40.0 Å². The first kappa shape index (κ1) is 15.0. The lowest BCUT2D eigenvalue weighted by molar-refractivity contribution is -0.130. The minimum atomic E-state index is -0.297. The van der Waals surface area contributed by atoms with Crippen LogP contribution in [0.2, 0.25) is 0 Å². The molecule has 0 radical (unpaired) electrons. The molecule has 0 saturated carbocycles. The Labute approximate surface area is 133 Å². The summed E-state index contributed by atoms with van der Waals surface area (Å²) in [5.74, 6) is 0.217. The normalized spacial score (nSPS) is 14.6. The van der Waals surface area contributed by atoms with E-state index in [9.17, 15) is 9.59 Å². The Kier molecular flexibility index (Phi) is 3.92. The second-order valence-electron chi connectivity index (χ2n) is 5.25. The monoisotopic (exact) mass is 312 g/mol. The highest BCUT2D eigenvalue weighted by Crippen LogP contribution is 2.21. The predicted molar refractivity (Wildman–Crippen MR) is 84.7 cm³/mol. The summed E-state index contributed by atoms with van der Waals surface area (Å²) in [6.07, 6.45) is 2.24. The van der Waals surface area contributed by atoms with E-state index in [2.05, 4.69) is 15.4 Å². The third-order valence-electron chi connectivity index (χ3n) is 3.53. The molecule has 0 spiro atoms. The highest BCUT2D eigenvalue weighted by Gasteiger charge is 2.21. The van der Waals surface area contributed by atoms with Crippen LogP contribution in [0.3, 0.4) is 0 Å². The van der Waals surface area contributed by atoms with Crippen molar-refractivity contribution < 1.29 is 14.0 Å². The maximum absolute atomic E-state index is 12.2. The highest BCUT2D eigenvalue weighted by molar-refractivity contribution is 6.43. The Morgan fingerprint density at radius 2 is 2.00 bits per heavy atom. The molecule has 1 aromatic carbocycles. The van der Waals surface area contributed by atoms with Gasteiger partial charge in [0.15, 0.2) is 5.89 Å². The number of nitrogens with one attached hydrogen (secondary N) is 1. The van der Waals surface area contributed by atoms with E-state index in [1.807, 2.05) is 12.1 Å². The first-order valence-corrected chi connectivity index (χ1v) is 7.21. The first-order chi connectivity index (χ1) is 11.0. The molecule has 0 aliphatic carbocycles. The largest absolute Gasteiger partial charge is 0.449 e. The summed E-state index contributed by atoms with van der Waals surface area (Å²) < 4.78 is 5.18. The maximum Gasteiger partial charge on any atom is 0.271 e. The molecule has 118 valence electrons. The number of hydrazone groups is 1. The molecule has 1 aliphatic rings. The van der Waals surface area contributed by atoms with E-state index in [0.29, 0.717) is 30.1 Å². The summed E-state index contributed by atoms with van der Waals surface area (Å²) in [6.45, 7) is 1.78. The summed E-state index contributed by atoms with van der Waals surface area (Å²) in [7, 11) is 1.55. The number of nitrogens with zero attached hydrogens (tertiary/aromatic N) is 3. The van der Waals surface area contributed by atoms with Crippen molar-refractivity contribution in [3.8, 4) is 11.3 Å². The van der Waals surface area contributed by atoms with Gasteiger partial charge in [0.05, 0.1) is 0 Å². The van der Waals surface area contributed by atoms with Crippen LogP contribution in [0.1, 0.15) is 18.7 Å². The van der Waals surface area contributed by atoms with Gasteiger partial charge in [0.25, 0.3) is 5.91 Å². The summed E-state index contributed by atoms with van der Waals surface area (Å²) in [4.78, 5) is 27.8. The minimum absolute atomic E-state index is 0.0891. The van der Waals surface area contributed by atoms with Crippen LogP contribution in [-0.2, 0) is 9.59 Å². The van der Waals surface area contributed by atoms with Gasteiger partial charge in [0.1, 0.15) is 17.7 Å². The van der Waals surface area contributed by atoms with Gasteiger partial charge in [-0.1, -0.05) is 12.1 Å². The number of rotatable bonds is 3. The van der Waals surface area contributed by atoms with Crippen LogP contribution in [0.5, 0.6) is 0 Å². The molecule has 3 rings (SSSR count). The Morgan fingerprint density at radius 3 is 2.61 bits per heavy atom. The van der Waals surface area contributed by atoms with Gasteiger partial charge in [0.2, 0.25) is 5.91 Å². The standard InChI is InChI=1S/C16H16N4O3/c1-10-17-14(9-23-10)11-3-5-12(6-4-11)18-16(22)13-7-8-15(21)20(2)19-13/h3-6,9H,7-8H2,1-2H3,(H,18,22). The number of oxazole rings is 1. The lowest BCUT2D eigenvalue weighted by Gasteiger charge is -2.18. The number of hydrogen-bond donors (Lipinski definition) is 1. The summed E-state index contributed by atoms with van der Waals surface area (Å²) >= 11 is 0. The van der Waals surface area contributed by atoms with Crippen molar-refractivity contribution in [1.82, 2.24) is 9.99 Å². The highest BCUT2D eigenvalue weighted by atomic mass is 16.3. The second kappa shape index (κ2) is 6.04. The smallest absolute Gasteiger partial charge is 0.271 e. The van der Waals surface area contributed by atoms with Crippen molar-refractivity contribution >= 4 is 23.2 Å². The molecular weight excluding hydrogens is 296 g/mol. The van der Waals surface area contributed by atoms with Gasteiger partial charge >= 0.3 is 0 Å². The van der Waals surface area contributed by atoms with E-state index < -0.39 is 0 Å². The molecule has 0 unspecified atom stereocenters. The van der Waals surface area contributed by atoms with Crippen molar-refractivity contribution in [2.75, 3.05) is 12.4 Å². The molecule has 0 bridgehead atoms. The number of carbonyl (C=O) groups excluding carboxylic acids is 2. The Morgan fingerprint density at radius 1 is 1.26 bits per heavy atom. The zero-order chi connectivity index (χ0) is 16.4. The topological polar surface area (TPSA) is 87.8 Å². The second-order valence-corrected chi connectivity index (χ2v) is 5.25. The first-order valence-electron chi connectivity index (χ1n) is 7.21. The van der Waals surface area contributed by atoms with Crippen molar-refractivity contribution in [3.63, 3.8) is 0 Å². The molecule has 0 fully saturated rings. The third-order valence-corrected chi connectivity index (χ3v) is 3.53. The van der Waals surface area contributed by atoms with Crippen LogP contribution >= 0.6 is 0 Å². The van der Waals surface area contributed by atoms with E-state index in [0.717, 1.165) is 11.3 Å². The molecule has 23 heavy (non-hydrogen) atoms. The van der Waals surface area contributed by atoms with Gasteiger partial charge in [-0.2, -0.15) is 5.10 Å². The van der Waals surface area contributed by atoms with Crippen molar-refractivity contribution in [3.05, 3.63) is 36.4 Å². The zero-order valence-corrected chi connectivity index (χ0v) is 12.9. The minimum Gasteiger partial charge on any atom is -0.449 e. The summed E-state index contributed by atoms with van der Waals surface area (Å²) in [5.41, 5.74) is 2.65. The van der Waals surface area contributed by atoms with E-state index in [1.165, 1.54) is 5.01 Å². The average Bonchev–Trinajstić information content (AvgIpc) is 2.97. The predicted octanol–water partition coefficient (Wildman–Crippen LogP) is 2.20. The fourth-order valence-electron chi connectivity index (χ4n) is 2.26. The molecule has 2 heterocycles. The van der Waals surface area contributed by atoms with Gasteiger partial charge in [0, 0.05) is 38.1 Å². The van der Waals surface area contributed by atoms with Gasteiger partial charge < -0.3 is 9.73 Å². The number of aryl methyl sites for hydroxylation is 1. The fraction of sp³-hybridized carbons (Fsp3) is 0.250. The van der Waals surface area contributed by atoms with E-state index >= 15 is 0 Å². The van der Waals surface area contributed by atoms with Crippen LogP contribution < -0.4 is 5.32 Å². The lowest BCUT2D eigenvalue weighted by atomic mass is 10.1. The maximum atomic E-state index is 12.2. The Bertz CT molecular complexity index is 777. The number of amides is 2. The van der Waals surface area contributed by atoms with Crippen LogP contribution in [0.25, 0.3) is 11.3 Å². The van der Waals surface area contributed by atoms with Crippen LogP contribution in [0, 0.1) is 6.92 Å². The number of benzene rings is 1. The fourth-order valence-corrected chi connectivity index (χ4v) is 2.26. The molecule has 0 atom stereocenters. The van der Waals surface area contributed by atoms with E-state index in [4.69, 9.17) is 4.42 Å². The number of hydrogen-bond acceptors (Lipinski definition) is 5. The van der Waals surface area contributed by atoms with E-state index in [-0.39, 0.29) is 11.8 Å². The Balaban J connectivity index is 1.70. The van der Waals surface area contributed by atoms with Gasteiger partial charge in [-0.15, -0.1) is 0 Å². The van der Waals surface area contributed by atoms with Gasteiger partial charge in [-0.25, -0.2) is 9.99 Å². The van der Waals surface area contributed by atoms with Gasteiger partial charge in [-0.3, -0.25) is 9.59 Å². The van der Waals surface area contributed by atoms with E-state index in [1.54, 1.807) is 32.4 Å².